The molecular weight excluding hydrogens is 585 g/mol. The van der Waals surface area contributed by atoms with Crippen molar-refractivity contribution in [1.29, 1.82) is 0 Å². The average Bonchev–Trinajstić information content (AvgIpc) is 3.81. The monoisotopic (exact) mass is 610 g/mol. The van der Waals surface area contributed by atoms with Crippen molar-refractivity contribution in [2.45, 2.75) is 17.1 Å². The van der Waals surface area contributed by atoms with Crippen LogP contribution in [0, 0.1) is 0 Å². The third-order valence-electron chi connectivity index (χ3n) is 6.91. The van der Waals surface area contributed by atoms with Crippen LogP contribution in [0.5, 0.6) is 5.75 Å². The first kappa shape index (κ1) is 28.4. The Kier molecular flexibility index (Phi) is 7.84. The van der Waals surface area contributed by atoms with Gasteiger partial charge in [-0.05, 0) is 54.6 Å². The van der Waals surface area contributed by atoms with Crippen molar-refractivity contribution in [3.63, 3.8) is 0 Å². The summed E-state index contributed by atoms with van der Waals surface area (Å²) in [5.74, 6) is 1.56. The van der Waals surface area contributed by atoms with E-state index in [1.165, 1.54) is 29.2 Å². The van der Waals surface area contributed by atoms with Crippen LogP contribution >= 0.6 is 11.8 Å². The molecule has 0 N–H and O–H groups in total. The Labute approximate surface area is 248 Å². The SMILES string of the molecule is COc1ccc(N2CCN(C(=O)c3coc(CSc4nnc(-c5ccco5)n4-c4cccc(C(F)(F)F)c4)n3)CC2)cc1. The molecular formula is C29H25F3N6O4S. The first-order valence-electron chi connectivity index (χ1n) is 13.2. The Bertz CT molecular complexity index is 1690. The number of carbonyl (C=O) groups excluding carboxylic acids is 1. The van der Waals surface area contributed by atoms with Crippen LogP contribution in [0.15, 0.2) is 87.2 Å². The van der Waals surface area contributed by atoms with E-state index in [0.717, 1.165) is 35.3 Å². The highest BCUT2D eigenvalue weighted by Gasteiger charge is 2.31. The van der Waals surface area contributed by atoms with Gasteiger partial charge in [-0.3, -0.25) is 9.36 Å². The van der Waals surface area contributed by atoms with Gasteiger partial charge in [0.25, 0.3) is 5.91 Å². The molecule has 1 aliphatic heterocycles. The summed E-state index contributed by atoms with van der Waals surface area (Å²) in [5, 5.41) is 8.65. The van der Waals surface area contributed by atoms with E-state index in [2.05, 4.69) is 20.1 Å². The number of hydrogen-bond acceptors (Lipinski definition) is 9. The summed E-state index contributed by atoms with van der Waals surface area (Å²) in [5.41, 5.74) is 0.650. The van der Waals surface area contributed by atoms with Crippen molar-refractivity contribution in [2.24, 2.45) is 0 Å². The van der Waals surface area contributed by atoms with Crippen molar-refractivity contribution in [1.82, 2.24) is 24.6 Å². The highest BCUT2D eigenvalue weighted by molar-refractivity contribution is 7.98. The number of hydrogen-bond donors (Lipinski definition) is 0. The lowest BCUT2D eigenvalue weighted by molar-refractivity contribution is -0.137. The standard InChI is InChI=1S/C29H25F3N6O4S/c1-40-22-9-7-20(8-10-22)36-11-13-37(14-12-36)27(39)23-17-42-25(33-23)18-43-28-35-34-26(24-6-3-15-41-24)38(28)21-5-2-4-19(16-21)29(30,31)32/h2-10,15-17H,11-14,18H2,1H3. The van der Waals surface area contributed by atoms with Crippen LogP contribution < -0.4 is 9.64 Å². The van der Waals surface area contributed by atoms with Crippen LogP contribution in [0.4, 0.5) is 18.9 Å². The fourth-order valence-electron chi connectivity index (χ4n) is 4.71. The van der Waals surface area contributed by atoms with E-state index >= 15 is 0 Å². The second-order valence-electron chi connectivity index (χ2n) is 9.56. The Morgan fingerprint density at radius 1 is 0.977 bits per heavy atom. The zero-order chi connectivity index (χ0) is 30.0. The van der Waals surface area contributed by atoms with Gasteiger partial charge in [0.05, 0.1) is 30.4 Å². The summed E-state index contributed by atoms with van der Waals surface area (Å²) in [6.45, 7) is 2.39. The molecule has 3 aromatic heterocycles. The van der Waals surface area contributed by atoms with E-state index in [0.29, 0.717) is 37.1 Å². The second kappa shape index (κ2) is 11.9. The van der Waals surface area contributed by atoms with Gasteiger partial charge in [0.15, 0.2) is 16.6 Å². The molecule has 5 aromatic rings. The van der Waals surface area contributed by atoms with E-state index in [1.807, 2.05) is 24.3 Å². The molecule has 1 saturated heterocycles. The molecule has 0 bridgehead atoms. The van der Waals surface area contributed by atoms with Gasteiger partial charge in [0.1, 0.15) is 12.0 Å². The number of ether oxygens (including phenoxy) is 1. The minimum absolute atomic E-state index is 0.160. The third-order valence-corrected chi connectivity index (χ3v) is 7.82. The number of amides is 1. The molecule has 0 aliphatic carbocycles. The van der Waals surface area contributed by atoms with Crippen LogP contribution in [-0.4, -0.2) is 63.8 Å². The number of aromatic nitrogens is 4. The second-order valence-corrected chi connectivity index (χ2v) is 10.5. The molecule has 2 aromatic carbocycles. The topological polar surface area (TPSA) is 103 Å². The van der Waals surface area contributed by atoms with Crippen LogP contribution in [0.1, 0.15) is 21.9 Å². The summed E-state index contributed by atoms with van der Waals surface area (Å²) >= 11 is 1.16. The summed E-state index contributed by atoms with van der Waals surface area (Å²) < 4.78 is 58.1. The Hall–Kier alpha value is -4.72. The quantitative estimate of drug-likeness (QED) is 0.202. The van der Waals surface area contributed by atoms with Crippen LogP contribution in [0.2, 0.25) is 0 Å². The normalized spacial score (nSPS) is 13.9. The molecule has 0 unspecified atom stereocenters. The van der Waals surface area contributed by atoms with Gasteiger partial charge in [-0.15, -0.1) is 10.2 Å². The average molecular weight is 611 g/mol. The van der Waals surface area contributed by atoms with Gasteiger partial charge in [0.2, 0.25) is 11.7 Å². The van der Waals surface area contributed by atoms with E-state index in [1.54, 1.807) is 24.1 Å². The number of thioether (sulfide) groups is 1. The first-order chi connectivity index (χ1) is 20.8. The molecule has 1 amide bonds. The van der Waals surface area contributed by atoms with Crippen molar-refractivity contribution >= 4 is 23.4 Å². The lowest BCUT2D eigenvalue weighted by Crippen LogP contribution is -2.48. The number of oxazole rings is 1. The summed E-state index contributed by atoms with van der Waals surface area (Å²) in [4.78, 5) is 21.4. The molecule has 1 fully saturated rings. The zero-order valence-corrected chi connectivity index (χ0v) is 23.6. The maximum Gasteiger partial charge on any atom is 0.416 e. The number of piperazine rings is 1. The smallest absolute Gasteiger partial charge is 0.416 e. The number of anilines is 1. The predicted molar refractivity (Wildman–Crippen MR) is 151 cm³/mol. The lowest BCUT2D eigenvalue weighted by Gasteiger charge is -2.35. The molecule has 0 spiro atoms. The van der Waals surface area contributed by atoms with Crippen molar-refractivity contribution < 1.29 is 31.5 Å². The minimum Gasteiger partial charge on any atom is -0.497 e. The highest BCUT2D eigenvalue weighted by atomic mass is 32.2. The highest BCUT2D eigenvalue weighted by Crippen LogP contribution is 2.34. The van der Waals surface area contributed by atoms with Crippen molar-refractivity contribution in [3.05, 3.63) is 90.3 Å². The van der Waals surface area contributed by atoms with Crippen molar-refractivity contribution in [2.75, 3.05) is 38.2 Å². The Morgan fingerprint density at radius 2 is 1.77 bits per heavy atom. The van der Waals surface area contributed by atoms with Crippen molar-refractivity contribution in [3.8, 4) is 23.0 Å². The number of rotatable bonds is 8. The van der Waals surface area contributed by atoms with E-state index in [9.17, 15) is 18.0 Å². The number of benzene rings is 2. The maximum absolute atomic E-state index is 13.5. The van der Waals surface area contributed by atoms with E-state index in [-0.39, 0.29) is 34.8 Å². The van der Waals surface area contributed by atoms with Gasteiger partial charge in [0, 0.05) is 31.9 Å². The number of carbonyl (C=O) groups is 1. The molecule has 14 heteroatoms. The summed E-state index contributed by atoms with van der Waals surface area (Å²) in [6.07, 6.45) is -1.76. The van der Waals surface area contributed by atoms with E-state index < -0.39 is 11.7 Å². The third kappa shape index (κ3) is 6.09. The number of furan rings is 1. The zero-order valence-electron chi connectivity index (χ0n) is 22.8. The maximum atomic E-state index is 13.5. The molecule has 43 heavy (non-hydrogen) atoms. The molecule has 0 radical (unpaired) electrons. The number of alkyl halides is 3. The number of halogens is 3. The Morgan fingerprint density at radius 3 is 2.47 bits per heavy atom. The van der Waals surface area contributed by atoms with Gasteiger partial charge in [-0.25, -0.2) is 4.98 Å². The lowest BCUT2D eigenvalue weighted by atomic mass is 10.2. The van der Waals surface area contributed by atoms with Crippen LogP contribution in [-0.2, 0) is 11.9 Å². The molecule has 222 valence electrons. The molecule has 4 heterocycles. The molecule has 0 saturated carbocycles. The minimum atomic E-state index is -4.52. The fourth-order valence-corrected chi connectivity index (χ4v) is 5.51. The van der Waals surface area contributed by atoms with Gasteiger partial charge >= 0.3 is 6.18 Å². The molecule has 1 aliphatic rings. The summed E-state index contributed by atoms with van der Waals surface area (Å²) in [7, 11) is 1.62. The van der Waals surface area contributed by atoms with E-state index in [4.69, 9.17) is 13.6 Å². The Balaban J connectivity index is 1.14. The van der Waals surface area contributed by atoms with Gasteiger partial charge in [-0.1, -0.05) is 17.8 Å². The number of methoxy groups -OCH3 is 1. The van der Waals surface area contributed by atoms with Gasteiger partial charge < -0.3 is 23.4 Å². The largest absolute Gasteiger partial charge is 0.497 e. The predicted octanol–water partition coefficient (Wildman–Crippen LogP) is 5.80. The fraction of sp³-hybridized carbons (Fsp3) is 0.241. The van der Waals surface area contributed by atoms with Gasteiger partial charge in [-0.2, -0.15) is 13.2 Å². The molecule has 6 rings (SSSR count). The van der Waals surface area contributed by atoms with Crippen LogP contribution in [0.25, 0.3) is 17.3 Å². The van der Waals surface area contributed by atoms with Crippen LogP contribution in [0.3, 0.4) is 0 Å². The summed E-state index contributed by atoms with van der Waals surface area (Å²) in [6, 6.07) is 16.0. The molecule has 0 atom stereocenters. The number of nitrogens with zero attached hydrogens (tertiary/aromatic N) is 6. The first-order valence-corrected chi connectivity index (χ1v) is 14.2. The molecule has 10 nitrogen and oxygen atoms in total.